The summed E-state index contributed by atoms with van der Waals surface area (Å²) in [5.74, 6) is -0.287. The first kappa shape index (κ1) is 14.5. The zero-order valence-electron chi connectivity index (χ0n) is 11.0. The van der Waals surface area contributed by atoms with E-state index in [1.165, 1.54) is 12.8 Å². The van der Waals surface area contributed by atoms with Crippen molar-refractivity contribution in [3.8, 4) is 0 Å². The normalized spacial score (nSPS) is 21.6. The Morgan fingerprint density at radius 2 is 1.88 bits per heavy atom. The molecule has 0 radical (unpaired) electrons. The van der Waals surface area contributed by atoms with Crippen LogP contribution in [0.4, 0.5) is 0 Å². The number of hydrogen-bond donors (Lipinski definition) is 1. The van der Waals surface area contributed by atoms with Gasteiger partial charge in [-0.25, -0.2) is 4.79 Å². The number of nitrogens with two attached hydrogens (primary N) is 1. The molecule has 2 N–H and O–H groups in total. The molecule has 0 aromatic carbocycles. The molecule has 1 saturated carbocycles. The van der Waals surface area contributed by atoms with Crippen LogP contribution in [0.15, 0.2) is 0 Å². The number of rotatable bonds is 5. The van der Waals surface area contributed by atoms with Crippen LogP contribution in [-0.4, -0.2) is 30.8 Å². The molecule has 1 unspecified atom stereocenters. The first-order chi connectivity index (χ1) is 8.13. The fourth-order valence-corrected chi connectivity index (χ4v) is 2.43. The van der Waals surface area contributed by atoms with Crippen LogP contribution in [0.2, 0.25) is 0 Å². The molecule has 1 aliphatic carbocycles. The highest BCUT2D eigenvalue weighted by atomic mass is 16.6. The molecule has 4 nitrogen and oxygen atoms in total. The molecule has 100 valence electrons. The SMILES string of the molecule is CCOC(=O)C(C)OC1(CN)CCCCCC1. The van der Waals surface area contributed by atoms with Gasteiger partial charge in [0.1, 0.15) is 0 Å². The van der Waals surface area contributed by atoms with Gasteiger partial charge in [-0.05, 0) is 26.7 Å². The number of carbonyl (C=O) groups is 1. The molecule has 0 bridgehead atoms. The Bertz CT molecular complexity index is 235. The Balaban J connectivity index is 2.57. The Labute approximate surface area is 104 Å². The van der Waals surface area contributed by atoms with Gasteiger partial charge in [-0.1, -0.05) is 25.7 Å². The van der Waals surface area contributed by atoms with Crippen molar-refractivity contribution in [1.29, 1.82) is 0 Å². The van der Waals surface area contributed by atoms with E-state index < -0.39 is 6.10 Å². The highest BCUT2D eigenvalue weighted by molar-refractivity contribution is 5.74. The van der Waals surface area contributed by atoms with Crippen LogP contribution in [0.5, 0.6) is 0 Å². The standard InChI is InChI=1S/C13H25NO3/c1-3-16-12(15)11(2)17-13(10-14)8-6-4-5-7-9-13/h11H,3-10,14H2,1-2H3. The summed E-state index contributed by atoms with van der Waals surface area (Å²) in [6.07, 6.45) is 6.12. The predicted molar refractivity (Wildman–Crippen MR) is 66.7 cm³/mol. The second-order valence-electron chi connectivity index (χ2n) is 4.81. The average molecular weight is 243 g/mol. The lowest BCUT2D eigenvalue weighted by Gasteiger charge is -2.33. The minimum Gasteiger partial charge on any atom is -0.464 e. The lowest BCUT2D eigenvalue weighted by atomic mass is 9.94. The smallest absolute Gasteiger partial charge is 0.334 e. The lowest BCUT2D eigenvalue weighted by molar-refractivity contribution is -0.168. The predicted octanol–water partition coefficient (Wildman–Crippen LogP) is 2.01. The monoisotopic (exact) mass is 243 g/mol. The van der Waals surface area contributed by atoms with Crippen LogP contribution in [0, 0.1) is 0 Å². The number of ether oxygens (including phenoxy) is 2. The minimum atomic E-state index is -0.517. The van der Waals surface area contributed by atoms with Crippen molar-refractivity contribution in [3.05, 3.63) is 0 Å². The van der Waals surface area contributed by atoms with E-state index in [0.29, 0.717) is 13.2 Å². The van der Waals surface area contributed by atoms with E-state index in [-0.39, 0.29) is 11.6 Å². The van der Waals surface area contributed by atoms with Gasteiger partial charge in [-0.3, -0.25) is 0 Å². The molecule has 1 rings (SSSR count). The van der Waals surface area contributed by atoms with Crippen molar-refractivity contribution < 1.29 is 14.3 Å². The van der Waals surface area contributed by atoms with E-state index in [4.69, 9.17) is 15.2 Å². The summed E-state index contributed by atoms with van der Waals surface area (Å²) in [5, 5.41) is 0. The van der Waals surface area contributed by atoms with E-state index in [2.05, 4.69) is 0 Å². The molecule has 0 saturated heterocycles. The second-order valence-corrected chi connectivity index (χ2v) is 4.81. The summed E-state index contributed by atoms with van der Waals surface area (Å²) >= 11 is 0. The van der Waals surface area contributed by atoms with E-state index in [9.17, 15) is 4.79 Å². The molecule has 0 heterocycles. The van der Waals surface area contributed by atoms with Crippen LogP contribution >= 0.6 is 0 Å². The van der Waals surface area contributed by atoms with Gasteiger partial charge in [0.05, 0.1) is 12.2 Å². The highest BCUT2D eigenvalue weighted by Crippen LogP contribution is 2.30. The molecule has 17 heavy (non-hydrogen) atoms. The molecular weight excluding hydrogens is 218 g/mol. The molecule has 0 aliphatic heterocycles. The third-order valence-electron chi connectivity index (χ3n) is 3.43. The van der Waals surface area contributed by atoms with Gasteiger partial charge < -0.3 is 15.2 Å². The van der Waals surface area contributed by atoms with Gasteiger partial charge >= 0.3 is 5.97 Å². The maximum absolute atomic E-state index is 11.6. The van der Waals surface area contributed by atoms with E-state index in [1.54, 1.807) is 13.8 Å². The maximum Gasteiger partial charge on any atom is 0.334 e. The molecule has 0 spiro atoms. The van der Waals surface area contributed by atoms with Crippen molar-refractivity contribution in [1.82, 2.24) is 0 Å². The van der Waals surface area contributed by atoms with Crippen molar-refractivity contribution >= 4 is 5.97 Å². The van der Waals surface area contributed by atoms with Gasteiger partial charge in [0.25, 0.3) is 0 Å². The van der Waals surface area contributed by atoms with Gasteiger partial charge in [0.15, 0.2) is 6.10 Å². The van der Waals surface area contributed by atoms with Gasteiger partial charge in [-0.15, -0.1) is 0 Å². The van der Waals surface area contributed by atoms with Gasteiger partial charge in [0, 0.05) is 6.54 Å². The van der Waals surface area contributed by atoms with Gasteiger partial charge in [-0.2, -0.15) is 0 Å². The van der Waals surface area contributed by atoms with Crippen LogP contribution in [0.25, 0.3) is 0 Å². The summed E-state index contributed by atoms with van der Waals surface area (Å²) in [7, 11) is 0. The Morgan fingerprint density at radius 3 is 2.35 bits per heavy atom. The summed E-state index contributed by atoms with van der Waals surface area (Å²) < 4.78 is 10.9. The number of hydrogen-bond acceptors (Lipinski definition) is 4. The third kappa shape index (κ3) is 4.28. The van der Waals surface area contributed by atoms with Crippen LogP contribution in [-0.2, 0) is 14.3 Å². The zero-order valence-corrected chi connectivity index (χ0v) is 11.0. The topological polar surface area (TPSA) is 61.5 Å². The maximum atomic E-state index is 11.6. The fraction of sp³-hybridized carbons (Fsp3) is 0.923. The largest absolute Gasteiger partial charge is 0.464 e. The molecule has 0 amide bonds. The summed E-state index contributed by atoms with van der Waals surface area (Å²) in [4.78, 5) is 11.6. The van der Waals surface area contributed by atoms with Crippen LogP contribution < -0.4 is 5.73 Å². The average Bonchev–Trinajstić information content (AvgIpc) is 2.55. The summed E-state index contributed by atoms with van der Waals surface area (Å²) in [5.41, 5.74) is 5.54. The molecular formula is C13H25NO3. The van der Waals surface area contributed by atoms with Gasteiger partial charge in [0.2, 0.25) is 0 Å². The summed E-state index contributed by atoms with van der Waals surface area (Å²) in [6.45, 7) is 4.42. The number of esters is 1. The van der Waals surface area contributed by atoms with E-state index in [1.807, 2.05) is 0 Å². The first-order valence-electron chi connectivity index (χ1n) is 6.68. The summed E-state index contributed by atoms with van der Waals surface area (Å²) in [6, 6.07) is 0. The Morgan fingerprint density at radius 1 is 1.29 bits per heavy atom. The molecule has 1 atom stereocenters. The minimum absolute atomic E-state index is 0.287. The lowest BCUT2D eigenvalue weighted by Crippen LogP contribution is -2.44. The van der Waals surface area contributed by atoms with Crippen molar-refractivity contribution in [2.24, 2.45) is 5.73 Å². The fourth-order valence-electron chi connectivity index (χ4n) is 2.43. The van der Waals surface area contributed by atoms with Crippen molar-refractivity contribution in [2.75, 3.05) is 13.2 Å². The molecule has 1 fully saturated rings. The van der Waals surface area contributed by atoms with Crippen molar-refractivity contribution in [3.63, 3.8) is 0 Å². The third-order valence-corrected chi connectivity index (χ3v) is 3.43. The van der Waals surface area contributed by atoms with Crippen molar-refractivity contribution in [2.45, 2.75) is 64.1 Å². The molecule has 4 heteroatoms. The Kier molecular flexibility index (Phi) is 5.92. The zero-order chi connectivity index (χ0) is 12.7. The van der Waals surface area contributed by atoms with E-state index >= 15 is 0 Å². The number of carbonyl (C=O) groups excluding carboxylic acids is 1. The quantitative estimate of drug-likeness (QED) is 0.592. The molecule has 0 aromatic rings. The van der Waals surface area contributed by atoms with Crippen LogP contribution in [0.1, 0.15) is 52.4 Å². The molecule has 1 aliphatic rings. The Hall–Kier alpha value is -0.610. The molecule has 0 aromatic heterocycles. The second kappa shape index (κ2) is 6.97. The van der Waals surface area contributed by atoms with E-state index in [0.717, 1.165) is 25.7 Å². The van der Waals surface area contributed by atoms with Crippen LogP contribution in [0.3, 0.4) is 0 Å². The highest BCUT2D eigenvalue weighted by Gasteiger charge is 2.34. The first-order valence-corrected chi connectivity index (χ1v) is 6.68.